The van der Waals surface area contributed by atoms with Gasteiger partial charge in [-0.2, -0.15) is 0 Å². The van der Waals surface area contributed by atoms with Gasteiger partial charge in [-0.15, -0.1) is 24.5 Å². The lowest BCUT2D eigenvalue weighted by Crippen LogP contribution is -2.17. The molecule has 0 aliphatic rings. The average Bonchev–Trinajstić information content (AvgIpc) is 2.76. The fraction of sp³-hybridized carbons (Fsp3) is 0.0909. The Morgan fingerprint density at radius 3 is 2.63 bits per heavy atom. The number of alkyl halides is 3. The van der Waals surface area contributed by atoms with Crippen molar-refractivity contribution in [2.75, 3.05) is 0 Å². The standard InChI is InChI=1S/C11H6F3NO3S/c12-11(13,14)18-7-4-2-1-3-6(7)9-8(10(16)17)15-5-19-9/h1-5H,(H,16,17). The maximum Gasteiger partial charge on any atom is 0.573 e. The van der Waals surface area contributed by atoms with Crippen molar-refractivity contribution in [2.24, 2.45) is 0 Å². The molecule has 0 saturated heterocycles. The van der Waals surface area contributed by atoms with Gasteiger partial charge >= 0.3 is 12.3 Å². The molecule has 0 fully saturated rings. The van der Waals surface area contributed by atoms with Gasteiger partial charge in [0.15, 0.2) is 5.69 Å². The third-order valence-electron chi connectivity index (χ3n) is 2.13. The molecule has 0 spiro atoms. The molecule has 0 unspecified atom stereocenters. The summed E-state index contributed by atoms with van der Waals surface area (Å²) in [5.74, 6) is -1.76. The Balaban J connectivity index is 2.50. The molecule has 1 aromatic carbocycles. The van der Waals surface area contributed by atoms with E-state index in [-0.39, 0.29) is 16.1 Å². The maximum absolute atomic E-state index is 12.3. The van der Waals surface area contributed by atoms with E-state index in [2.05, 4.69) is 9.72 Å². The lowest BCUT2D eigenvalue weighted by molar-refractivity contribution is -0.274. The summed E-state index contributed by atoms with van der Waals surface area (Å²) in [5, 5.41) is 8.92. The maximum atomic E-state index is 12.3. The first-order chi connectivity index (χ1) is 8.88. The van der Waals surface area contributed by atoms with Gasteiger partial charge in [-0.05, 0) is 12.1 Å². The second-order valence-corrected chi connectivity index (χ2v) is 4.23. The van der Waals surface area contributed by atoms with E-state index >= 15 is 0 Å². The normalized spacial score (nSPS) is 11.3. The summed E-state index contributed by atoms with van der Waals surface area (Å²) in [6, 6.07) is 5.32. The monoisotopic (exact) mass is 289 g/mol. The summed E-state index contributed by atoms with van der Waals surface area (Å²) in [7, 11) is 0. The molecule has 0 aliphatic carbocycles. The molecule has 0 bridgehead atoms. The van der Waals surface area contributed by atoms with Gasteiger partial charge in [-0.3, -0.25) is 0 Å². The molecule has 0 saturated carbocycles. The van der Waals surface area contributed by atoms with Gasteiger partial charge in [0.25, 0.3) is 0 Å². The van der Waals surface area contributed by atoms with Crippen LogP contribution in [0.5, 0.6) is 5.75 Å². The Labute approximate surface area is 109 Å². The molecule has 0 amide bonds. The Hall–Kier alpha value is -2.09. The Kier molecular flexibility index (Phi) is 3.43. The number of benzene rings is 1. The smallest absolute Gasteiger partial charge is 0.476 e. The minimum absolute atomic E-state index is 0.0414. The number of rotatable bonds is 3. The van der Waals surface area contributed by atoms with Crippen molar-refractivity contribution in [1.29, 1.82) is 0 Å². The number of aromatic carboxylic acids is 1. The predicted molar refractivity (Wildman–Crippen MR) is 61.2 cm³/mol. The fourth-order valence-corrected chi connectivity index (χ4v) is 2.27. The first kappa shape index (κ1) is 13.3. The van der Waals surface area contributed by atoms with Gasteiger partial charge in [-0.25, -0.2) is 9.78 Å². The number of para-hydroxylation sites is 1. The molecule has 0 radical (unpaired) electrons. The van der Waals surface area contributed by atoms with Crippen LogP contribution in [-0.2, 0) is 0 Å². The third-order valence-corrected chi connectivity index (χ3v) is 2.99. The van der Waals surface area contributed by atoms with Crippen molar-refractivity contribution in [3.63, 3.8) is 0 Å². The molecular weight excluding hydrogens is 283 g/mol. The van der Waals surface area contributed by atoms with Crippen molar-refractivity contribution in [3.8, 4) is 16.2 Å². The SMILES string of the molecule is O=C(O)c1ncsc1-c1ccccc1OC(F)(F)F. The molecule has 1 N–H and O–H groups in total. The number of ether oxygens (including phenoxy) is 1. The quantitative estimate of drug-likeness (QED) is 0.940. The number of hydrogen-bond donors (Lipinski definition) is 1. The molecule has 0 aliphatic heterocycles. The molecule has 0 atom stereocenters. The van der Waals surface area contributed by atoms with E-state index in [1.807, 2.05) is 0 Å². The van der Waals surface area contributed by atoms with Crippen LogP contribution in [0.15, 0.2) is 29.8 Å². The summed E-state index contributed by atoms with van der Waals surface area (Å²) < 4.78 is 40.7. The minimum atomic E-state index is -4.84. The van der Waals surface area contributed by atoms with Crippen LogP contribution in [0, 0.1) is 0 Å². The number of halogens is 3. The van der Waals surface area contributed by atoms with Crippen LogP contribution in [0.25, 0.3) is 10.4 Å². The van der Waals surface area contributed by atoms with Crippen LogP contribution in [0.4, 0.5) is 13.2 Å². The minimum Gasteiger partial charge on any atom is -0.476 e. The van der Waals surface area contributed by atoms with Crippen LogP contribution in [0.1, 0.15) is 10.5 Å². The van der Waals surface area contributed by atoms with Gasteiger partial charge in [0.2, 0.25) is 0 Å². The van der Waals surface area contributed by atoms with E-state index in [1.54, 1.807) is 0 Å². The zero-order valence-corrected chi connectivity index (χ0v) is 9.96. The number of thiazole rings is 1. The molecule has 8 heteroatoms. The lowest BCUT2D eigenvalue weighted by atomic mass is 10.1. The van der Waals surface area contributed by atoms with Gasteiger partial charge in [0.05, 0.1) is 10.4 Å². The Morgan fingerprint density at radius 1 is 1.32 bits per heavy atom. The summed E-state index contributed by atoms with van der Waals surface area (Å²) >= 11 is 0.932. The first-order valence-electron chi connectivity index (χ1n) is 4.90. The van der Waals surface area contributed by atoms with Gasteiger partial charge in [0, 0.05) is 5.56 Å². The van der Waals surface area contributed by atoms with Crippen LogP contribution < -0.4 is 4.74 Å². The van der Waals surface area contributed by atoms with E-state index in [4.69, 9.17) is 5.11 Å². The zero-order valence-electron chi connectivity index (χ0n) is 9.14. The highest BCUT2D eigenvalue weighted by Gasteiger charge is 2.32. The van der Waals surface area contributed by atoms with Crippen molar-refractivity contribution in [2.45, 2.75) is 6.36 Å². The second-order valence-electron chi connectivity index (χ2n) is 3.38. The van der Waals surface area contributed by atoms with Crippen LogP contribution in [0.2, 0.25) is 0 Å². The van der Waals surface area contributed by atoms with Crippen LogP contribution in [-0.4, -0.2) is 22.4 Å². The number of nitrogens with zero attached hydrogens (tertiary/aromatic N) is 1. The number of carboxylic acids is 1. The van der Waals surface area contributed by atoms with E-state index in [0.717, 1.165) is 17.4 Å². The molecule has 2 rings (SSSR count). The third kappa shape index (κ3) is 3.02. The van der Waals surface area contributed by atoms with Crippen molar-refractivity contribution in [1.82, 2.24) is 4.98 Å². The van der Waals surface area contributed by atoms with Crippen molar-refractivity contribution >= 4 is 17.3 Å². The number of aromatic nitrogens is 1. The average molecular weight is 289 g/mol. The van der Waals surface area contributed by atoms with Gasteiger partial charge in [-0.1, -0.05) is 12.1 Å². The molecular formula is C11H6F3NO3S. The van der Waals surface area contributed by atoms with Gasteiger partial charge in [0.1, 0.15) is 5.75 Å². The second kappa shape index (κ2) is 4.88. The zero-order chi connectivity index (χ0) is 14.0. The molecule has 4 nitrogen and oxygen atoms in total. The van der Waals surface area contributed by atoms with Crippen LogP contribution in [0.3, 0.4) is 0 Å². The largest absolute Gasteiger partial charge is 0.573 e. The van der Waals surface area contributed by atoms with E-state index in [9.17, 15) is 18.0 Å². The summed E-state index contributed by atoms with van der Waals surface area (Å²) in [6.07, 6.45) is -4.84. The predicted octanol–water partition coefficient (Wildman–Crippen LogP) is 3.41. The van der Waals surface area contributed by atoms with Gasteiger partial charge < -0.3 is 9.84 Å². The topological polar surface area (TPSA) is 59.4 Å². The molecule has 2 aromatic rings. The fourth-order valence-electron chi connectivity index (χ4n) is 1.46. The first-order valence-corrected chi connectivity index (χ1v) is 5.78. The highest BCUT2D eigenvalue weighted by atomic mass is 32.1. The van der Waals surface area contributed by atoms with Crippen molar-refractivity contribution in [3.05, 3.63) is 35.5 Å². The number of carboxylic acid groups (broad SMARTS) is 1. The number of carbonyl (C=O) groups is 1. The molecule has 19 heavy (non-hydrogen) atoms. The molecule has 100 valence electrons. The highest BCUT2D eigenvalue weighted by molar-refractivity contribution is 7.13. The van der Waals surface area contributed by atoms with Crippen molar-refractivity contribution < 1.29 is 27.8 Å². The van der Waals surface area contributed by atoms with Crippen LogP contribution >= 0.6 is 11.3 Å². The number of hydrogen-bond acceptors (Lipinski definition) is 4. The van der Waals surface area contributed by atoms with E-state index in [1.165, 1.54) is 23.7 Å². The lowest BCUT2D eigenvalue weighted by Gasteiger charge is -2.12. The summed E-state index contributed by atoms with van der Waals surface area (Å²) in [6.45, 7) is 0. The summed E-state index contributed by atoms with van der Waals surface area (Å²) in [4.78, 5) is 14.7. The molecule has 1 heterocycles. The summed E-state index contributed by atoms with van der Waals surface area (Å²) in [5.41, 5.74) is 0.992. The Bertz CT molecular complexity index is 609. The molecule has 1 aromatic heterocycles. The van der Waals surface area contributed by atoms with E-state index in [0.29, 0.717) is 0 Å². The highest BCUT2D eigenvalue weighted by Crippen LogP contribution is 2.37. The Morgan fingerprint density at radius 2 is 2.00 bits per heavy atom. The van der Waals surface area contributed by atoms with E-state index < -0.39 is 18.1 Å².